The number of thiol groups is 1. The van der Waals surface area contributed by atoms with Crippen molar-refractivity contribution in [2.75, 3.05) is 0 Å². The summed E-state index contributed by atoms with van der Waals surface area (Å²) in [5.41, 5.74) is 7.20. The summed E-state index contributed by atoms with van der Waals surface area (Å²) in [6.07, 6.45) is 6.17. The van der Waals surface area contributed by atoms with Crippen molar-refractivity contribution in [3.8, 4) is 0 Å². The molecule has 0 bridgehead atoms. The number of aryl methyl sites for hydroxylation is 1. The van der Waals surface area contributed by atoms with Gasteiger partial charge in [0.2, 0.25) is 0 Å². The zero-order chi connectivity index (χ0) is 23.4. The standard InChI is InChI=1S/C30H30ClNS/c1-30(2,3)27-10-5-4-8-22(27)14-18-29(33)24-9-6-7-21(19-24)11-16-26-17-13-23-12-15-25(31)20-28(23)32-26/h4-13,15-17,19-20,29,33H,14,18H2,1-3H3. The van der Waals surface area contributed by atoms with Gasteiger partial charge in [-0.2, -0.15) is 12.6 Å². The zero-order valence-electron chi connectivity index (χ0n) is 19.4. The topological polar surface area (TPSA) is 12.9 Å². The van der Waals surface area contributed by atoms with E-state index in [2.05, 4.69) is 81.4 Å². The van der Waals surface area contributed by atoms with Crippen LogP contribution in [0.3, 0.4) is 0 Å². The zero-order valence-corrected chi connectivity index (χ0v) is 21.1. The number of hydrogen-bond acceptors (Lipinski definition) is 2. The first-order valence-electron chi connectivity index (χ1n) is 11.4. The molecule has 0 saturated carbocycles. The van der Waals surface area contributed by atoms with Gasteiger partial charge in [0, 0.05) is 15.7 Å². The van der Waals surface area contributed by atoms with Gasteiger partial charge in [-0.1, -0.05) is 99.1 Å². The maximum atomic E-state index is 6.12. The van der Waals surface area contributed by atoms with E-state index in [1.165, 1.54) is 16.7 Å². The second kappa shape index (κ2) is 10.2. The Morgan fingerprint density at radius 3 is 2.52 bits per heavy atom. The molecule has 1 nitrogen and oxygen atoms in total. The van der Waals surface area contributed by atoms with E-state index in [1.54, 1.807) is 0 Å². The molecule has 3 heteroatoms. The van der Waals surface area contributed by atoms with Gasteiger partial charge in [-0.15, -0.1) is 0 Å². The Balaban J connectivity index is 1.47. The molecular formula is C30H30ClNS. The van der Waals surface area contributed by atoms with Gasteiger partial charge in [0.25, 0.3) is 0 Å². The first-order valence-corrected chi connectivity index (χ1v) is 12.3. The molecule has 1 atom stereocenters. The number of halogens is 1. The molecule has 1 aromatic heterocycles. The largest absolute Gasteiger partial charge is 0.248 e. The minimum atomic E-state index is 0.148. The van der Waals surface area contributed by atoms with Gasteiger partial charge in [0.1, 0.15) is 0 Å². The summed E-state index contributed by atoms with van der Waals surface area (Å²) in [5, 5.41) is 1.98. The fourth-order valence-electron chi connectivity index (χ4n) is 4.18. The lowest BCUT2D eigenvalue weighted by Gasteiger charge is -2.23. The Labute approximate surface area is 208 Å². The third-order valence-electron chi connectivity index (χ3n) is 5.93. The predicted octanol–water partition coefficient (Wildman–Crippen LogP) is 8.96. The summed E-state index contributed by atoms with van der Waals surface area (Å²) in [6.45, 7) is 6.83. The van der Waals surface area contributed by atoms with Crippen LogP contribution in [-0.2, 0) is 11.8 Å². The summed E-state index contributed by atoms with van der Waals surface area (Å²) < 4.78 is 0. The smallest absolute Gasteiger partial charge is 0.0724 e. The Morgan fingerprint density at radius 1 is 0.909 bits per heavy atom. The Bertz CT molecular complexity index is 1290. The lowest BCUT2D eigenvalue weighted by atomic mass is 9.82. The van der Waals surface area contributed by atoms with Crippen LogP contribution in [0, 0.1) is 0 Å². The average molecular weight is 472 g/mol. The molecule has 3 aromatic carbocycles. The van der Waals surface area contributed by atoms with Crippen molar-refractivity contribution in [2.45, 2.75) is 44.3 Å². The van der Waals surface area contributed by atoms with E-state index < -0.39 is 0 Å². The third kappa shape index (κ3) is 6.07. The van der Waals surface area contributed by atoms with Crippen LogP contribution >= 0.6 is 24.2 Å². The van der Waals surface area contributed by atoms with Crippen LogP contribution < -0.4 is 0 Å². The molecule has 0 N–H and O–H groups in total. The van der Waals surface area contributed by atoms with Crippen molar-refractivity contribution < 1.29 is 0 Å². The number of hydrogen-bond donors (Lipinski definition) is 1. The molecule has 33 heavy (non-hydrogen) atoms. The Hall–Kier alpha value is -2.55. The summed E-state index contributed by atoms with van der Waals surface area (Å²) in [6, 6.07) is 27.3. The van der Waals surface area contributed by atoms with Crippen LogP contribution in [-0.4, -0.2) is 4.98 Å². The van der Waals surface area contributed by atoms with Gasteiger partial charge in [0.05, 0.1) is 11.2 Å². The van der Waals surface area contributed by atoms with Crippen LogP contribution in [0.4, 0.5) is 0 Å². The maximum Gasteiger partial charge on any atom is 0.0724 e. The molecule has 4 rings (SSSR count). The van der Waals surface area contributed by atoms with E-state index in [0.717, 1.165) is 35.0 Å². The van der Waals surface area contributed by atoms with Crippen LogP contribution in [0.1, 0.15) is 60.4 Å². The fraction of sp³-hybridized carbons (Fsp3) is 0.233. The van der Waals surface area contributed by atoms with Crippen molar-refractivity contribution in [2.24, 2.45) is 0 Å². The minimum Gasteiger partial charge on any atom is -0.248 e. The summed E-state index contributed by atoms with van der Waals surface area (Å²) in [7, 11) is 0. The summed E-state index contributed by atoms with van der Waals surface area (Å²) >= 11 is 11.1. The molecule has 0 radical (unpaired) electrons. The average Bonchev–Trinajstić information content (AvgIpc) is 2.80. The van der Waals surface area contributed by atoms with Crippen molar-refractivity contribution in [3.63, 3.8) is 0 Å². The molecule has 0 amide bonds. The van der Waals surface area contributed by atoms with E-state index in [-0.39, 0.29) is 10.7 Å². The third-order valence-corrected chi connectivity index (χ3v) is 6.72. The SMILES string of the molecule is CC(C)(C)c1ccccc1CCC(S)c1cccc(C=Cc2ccc3ccc(Cl)cc3n2)c1. The molecule has 0 aliphatic carbocycles. The summed E-state index contributed by atoms with van der Waals surface area (Å²) in [4.78, 5) is 4.71. The van der Waals surface area contributed by atoms with Gasteiger partial charge >= 0.3 is 0 Å². The highest BCUT2D eigenvalue weighted by Crippen LogP contribution is 2.31. The van der Waals surface area contributed by atoms with E-state index in [9.17, 15) is 0 Å². The van der Waals surface area contributed by atoms with Crippen LogP contribution in [0.15, 0.2) is 78.9 Å². The van der Waals surface area contributed by atoms with E-state index in [1.807, 2.05) is 30.3 Å². The van der Waals surface area contributed by atoms with Crippen molar-refractivity contribution in [3.05, 3.63) is 112 Å². The van der Waals surface area contributed by atoms with Crippen molar-refractivity contribution in [1.29, 1.82) is 0 Å². The first-order chi connectivity index (χ1) is 15.8. The highest BCUT2D eigenvalue weighted by atomic mass is 35.5. The molecule has 0 aliphatic heterocycles. The molecule has 0 saturated heterocycles. The van der Waals surface area contributed by atoms with Crippen molar-refractivity contribution >= 4 is 47.3 Å². The molecule has 168 valence electrons. The Kier molecular flexibility index (Phi) is 7.26. The summed E-state index contributed by atoms with van der Waals surface area (Å²) in [5.74, 6) is 0. The van der Waals surface area contributed by atoms with Crippen molar-refractivity contribution in [1.82, 2.24) is 4.98 Å². The van der Waals surface area contributed by atoms with E-state index in [4.69, 9.17) is 29.2 Å². The lowest BCUT2D eigenvalue weighted by Crippen LogP contribution is -2.14. The molecule has 4 aromatic rings. The maximum absolute atomic E-state index is 6.12. The number of fused-ring (bicyclic) bond motifs is 1. The highest BCUT2D eigenvalue weighted by Gasteiger charge is 2.18. The van der Waals surface area contributed by atoms with Gasteiger partial charge in [-0.3, -0.25) is 0 Å². The second-order valence-electron chi connectivity index (χ2n) is 9.54. The first kappa shape index (κ1) is 23.6. The normalized spacial score (nSPS) is 13.0. The van der Waals surface area contributed by atoms with Gasteiger partial charge in [-0.25, -0.2) is 4.98 Å². The van der Waals surface area contributed by atoms with Crippen LogP contribution in [0.5, 0.6) is 0 Å². The molecule has 0 fully saturated rings. The predicted molar refractivity (Wildman–Crippen MR) is 147 cm³/mol. The van der Waals surface area contributed by atoms with E-state index in [0.29, 0.717) is 5.02 Å². The number of benzene rings is 3. The molecule has 1 heterocycles. The molecule has 0 aliphatic rings. The fourth-order valence-corrected chi connectivity index (χ4v) is 4.64. The number of rotatable bonds is 6. The molecule has 1 unspecified atom stereocenters. The van der Waals surface area contributed by atoms with Crippen LogP contribution in [0.25, 0.3) is 23.1 Å². The molecule has 0 spiro atoms. The number of nitrogens with zero attached hydrogens (tertiary/aromatic N) is 1. The van der Waals surface area contributed by atoms with Crippen LogP contribution in [0.2, 0.25) is 5.02 Å². The second-order valence-corrected chi connectivity index (χ2v) is 10.6. The van der Waals surface area contributed by atoms with Gasteiger partial charge in [-0.05, 0) is 64.8 Å². The Morgan fingerprint density at radius 2 is 1.70 bits per heavy atom. The quantitative estimate of drug-likeness (QED) is 0.277. The highest BCUT2D eigenvalue weighted by molar-refractivity contribution is 7.80. The minimum absolute atomic E-state index is 0.148. The number of aromatic nitrogens is 1. The molecular weight excluding hydrogens is 442 g/mol. The van der Waals surface area contributed by atoms with Gasteiger partial charge in [0.15, 0.2) is 0 Å². The van der Waals surface area contributed by atoms with E-state index >= 15 is 0 Å². The monoisotopic (exact) mass is 471 g/mol. The number of pyridine rings is 1. The lowest BCUT2D eigenvalue weighted by molar-refractivity contribution is 0.580. The van der Waals surface area contributed by atoms with Gasteiger partial charge < -0.3 is 0 Å².